The molecule has 4 rings (SSSR count). The van der Waals surface area contributed by atoms with Crippen LogP contribution in [0.3, 0.4) is 0 Å². The number of nitrogens with zero attached hydrogens (tertiary/aromatic N) is 1. The van der Waals surface area contributed by atoms with Crippen LogP contribution < -0.4 is 10.6 Å². The third-order valence-corrected chi connectivity index (χ3v) is 9.03. The molecule has 0 aliphatic carbocycles. The van der Waals surface area contributed by atoms with Crippen LogP contribution in [0.15, 0.2) is 30.3 Å². The minimum absolute atomic E-state index is 0.0476. The molecule has 5 atom stereocenters. The first kappa shape index (κ1) is 23.1. The molecule has 1 aromatic carbocycles. The lowest BCUT2D eigenvalue weighted by Crippen LogP contribution is -2.54. The number of likely N-dealkylation sites (tertiary alicyclic amines) is 1. The molecule has 3 saturated heterocycles. The van der Waals surface area contributed by atoms with Gasteiger partial charge in [-0.2, -0.15) is 0 Å². The molecule has 2 unspecified atom stereocenters. The van der Waals surface area contributed by atoms with Crippen LogP contribution in [0.1, 0.15) is 44.6 Å². The van der Waals surface area contributed by atoms with Gasteiger partial charge in [0.05, 0.1) is 23.2 Å². The second-order valence-electron chi connectivity index (χ2n) is 9.01. The van der Waals surface area contributed by atoms with Crippen molar-refractivity contribution in [1.82, 2.24) is 15.5 Å². The summed E-state index contributed by atoms with van der Waals surface area (Å²) < 4.78 is -0.583. The lowest BCUT2D eigenvalue weighted by molar-refractivity contribution is -0.140. The van der Waals surface area contributed by atoms with Crippen molar-refractivity contribution in [2.75, 3.05) is 19.7 Å². The highest BCUT2D eigenvalue weighted by atomic mass is 32.2. The molecule has 3 heterocycles. The quantitative estimate of drug-likeness (QED) is 0.463. The maximum absolute atomic E-state index is 13.5. The number of benzene rings is 1. The molecule has 8 heteroatoms. The molecular formula is C24H33N3O4S. The third-order valence-electron chi connectivity index (χ3n) is 7.08. The van der Waals surface area contributed by atoms with E-state index < -0.39 is 22.6 Å². The van der Waals surface area contributed by atoms with Gasteiger partial charge in [-0.3, -0.25) is 14.4 Å². The van der Waals surface area contributed by atoms with Crippen molar-refractivity contribution in [3.63, 3.8) is 0 Å². The number of nitrogens with one attached hydrogen (secondary N) is 2. The number of β-amino-alcohol motifs (C(OH)–C–C–N with tert-alkyl or cyclic N) is 1. The van der Waals surface area contributed by atoms with Gasteiger partial charge < -0.3 is 20.6 Å². The zero-order valence-electron chi connectivity index (χ0n) is 18.6. The molecule has 32 heavy (non-hydrogen) atoms. The minimum atomic E-state index is -0.629. The van der Waals surface area contributed by atoms with Crippen LogP contribution in [-0.2, 0) is 20.9 Å². The van der Waals surface area contributed by atoms with Crippen LogP contribution in [-0.4, -0.2) is 63.5 Å². The summed E-state index contributed by atoms with van der Waals surface area (Å²) in [6, 6.07) is 9.08. The Morgan fingerprint density at radius 3 is 2.69 bits per heavy atom. The summed E-state index contributed by atoms with van der Waals surface area (Å²) in [6.45, 7) is 3.03. The fraction of sp³-hybridized carbons (Fsp3) is 0.625. The van der Waals surface area contributed by atoms with Crippen molar-refractivity contribution in [2.24, 2.45) is 11.8 Å². The van der Waals surface area contributed by atoms with Crippen LogP contribution in [0.25, 0.3) is 0 Å². The molecule has 0 radical (unpaired) electrons. The van der Waals surface area contributed by atoms with E-state index in [1.165, 1.54) is 4.90 Å². The van der Waals surface area contributed by atoms with E-state index in [0.717, 1.165) is 37.7 Å². The van der Waals surface area contributed by atoms with Gasteiger partial charge in [0.25, 0.3) is 0 Å². The monoisotopic (exact) mass is 459 g/mol. The predicted octanol–water partition coefficient (Wildman–Crippen LogP) is 1.69. The first-order chi connectivity index (χ1) is 15.5. The first-order valence-corrected chi connectivity index (χ1v) is 12.6. The Morgan fingerprint density at radius 1 is 1.19 bits per heavy atom. The molecule has 3 amide bonds. The Kier molecular flexibility index (Phi) is 7.10. The number of hydrogen-bond acceptors (Lipinski definition) is 5. The van der Waals surface area contributed by atoms with Crippen molar-refractivity contribution in [3.05, 3.63) is 35.9 Å². The second-order valence-corrected chi connectivity index (χ2v) is 10.6. The van der Waals surface area contributed by atoms with Crippen LogP contribution in [0.2, 0.25) is 0 Å². The van der Waals surface area contributed by atoms with Crippen molar-refractivity contribution in [1.29, 1.82) is 0 Å². The maximum Gasteiger partial charge on any atom is 0.244 e. The summed E-state index contributed by atoms with van der Waals surface area (Å²) in [5.74, 6) is -1.38. The van der Waals surface area contributed by atoms with Crippen LogP contribution in [0.4, 0.5) is 0 Å². The topological polar surface area (TPSA) is 98.7 Å². The molecule has 0 saturated carbocycles. The Labute approximate surface area is 193 Å². The van der Waals surface area contributed by atoms with E-state index in [1.54, 1.807) is 11.8 Å². The lowest BCUT2D eigenvalue weighted by atomic mass is 9.70. The Balaban J connectivity index is 1.52. The molecule has 1 aromatic rings. The van der Waals surface area contributed by atoms with E-state index in [2.05, 4.69) is 17.6 Å². The number of rotatable bonds is 10. The SMILES string of the molecule is CCCCCNC(=O)C1N(CCO)C(=O)[C@@H]2[C@@H](C(=O)NCc3ccccc3)[C@H]3CCC12S3. The molecule has 3 aliphatic rings. The van der Waals surface area contributed by atoms with Gasteiger partial charge in [0, 0.05) is 24.9 Å². The number of unbranched alkanes of at least 4 members (excludes halogenated alkanes) is 2. The second kappa shape index (κ2) is 9.83. The normalized spacial score (nSPS) is 30.4. The standard InChI is InChI=1S/C24H33N3O4S/c1-2-3-7-12-25-22(30)20-24-11-10-17(32-24)18(19(24)23(31)27(20)13-14-28)21(29)26-15-16-8-5-4-6-9-16/h4-6,8-9,17-20,28H,2-3,7,10-15H2,1H3,(H,25,30)(H,26,29)/t17-,18+,19+,20?,24?/m1/s1. The first-order valence-electron chi connectivity index (χ1n) is 11.7. The highest BCUT2D eigenvalue weighted by molar-refractivity contribution is 8.02. The number of thioether (sulfide) groups is 1. The minimum Gasteiger partial charge on any atom is -0.395 e. The molecule has 7 nitrogen and oxygen atoms in total. The maximum atomic E-state index is 13.5. The molecular weight excluding hydrogens is 426 g/mol. The Morgan fingerprint density at radius 2 is 1.97 bits per heavy atom. The third kappa shape index (κ3) is 4.03. The fourth-order valence-corrected chi connectivity index (χ4v) is 7.91. The van der Waals surface area contributed by atoms with Crippen LogP contribution in [0, 0.1) is 11.8 Å². The molecule has 174 valence electrons. The van der Waals surface area contributed by atoms with Gasteiger partial charge in [0.15, 0.2) is 0 Å². The number of aliphatic hydroxyl groups excluding tert-OH is 1. The molecule has 3 fully saturated rings. The van der Waals surface area contributed by atoms with Crippen molar-refractivity contribution < 1.29 is 19.5 Å². The van der Waals surface area contributed by atoms with Gasteiger partial charge in [-0.15, -0.1) is 11.8 Å². The van der Waals surface area contributed by atoms with E-state index in [4.69, 9.17) is 0 Å². The summed E-state index contributed by atoms with van der Waals surface area (Å²) in [5.41, 5.74) is 1.01. The molecule has 3 N–H and O–H groups in total. The largest absolute Gasteiger partial charge is 0.395 e. The van der Waals surface area contributed by atoms with Crippen molar-refractivity contribution >= 4 is 29.5 Å². The number of hydrogen-bond donors (Lipinski definition) is 3. The van der Waals surface area contributed by atoms with Gasteiger partial charge >= 0.3 is 0 Å². The fourth-order valence-electron chi connectivity index (χ4n) is 5.69. The summed E-state index contributed by atoms with van der Waals surface area (Å²) in [7, 11) is 0. The lowest BCUT2D eigenvalue weighted by Gasteiger charge is -2.34. The van der Waals surface area contributed by atoms with Gasteiger partial charge in [0.2, 0.25) is 17.7 Å². The summed E-state index contributed by atoms with van der Waals surface area (Å²) in [5, 5.41) is 15.7. The number of fused-ring (bicyclic) bond motifs is 1. The molecule has 0 aromatic heterocycles. The van der Waals surface area contributed by atoms with E-state index in [1.807, 2.05) is 30.3 Å². The number of aliphatic hydroxyl groups is 1. The van der Waals surface area contributed by atoms with Crippen LogP contribution >= 0.6 is 11.8 Å². The average molecular weight is 460 g/mol. The number of amides is 3. The van der Waals surface area contributed by atoms with Gasteiger partial charge in [-0.05, 0) is 24.8 Å². The smallest absolute Gasteiger partial charge is 0.244 e. The number of carbonyl (C=O) groups excluding carboxylic acids is 3. The molecule has 3 aliphatic heterocycles. The van der Waals surface area contributed by atoms with Crippen LogP contribution in [0.5, 0.6) is 0 Å². The Bertz CT molecular complexity index is 851. The zero-order chi connectivity index (χ0) is 22.7. The Hall–Kier alpha value is -2.06. The number of carbonyl (C=O) groups is 3. The van der Waals surface area contributed by atoms with Gasteiger partial charge in [-0.25, -0.2) is 0 Å². The average Bonchev–Trinajstić information content (AvgIpc) is 3.44. The predicted molar refractivity (Wildman–Crippen MR) is 124 cm³/mol. The van der Waals surface area contributed by atoms with Gasteiger partial charge in [0.1, 0.15) is 6.04 Å². The molecule has 1 spiro atoms. The van der Waals surface area contributed by atoms with E-state index in [0.29, 0.717) is 13.1 Å². The summed E-state index contributed by atoms with van der Waals surface area (Å²) in [6.07, 6.45) is 4.58. The van der Waals surface area contributed by atoms with Gasteiger partial charge in [-0.1, -0.05) is 50.1 Å². The van der Waals surface area contributed by atoms with Crippen molar-refractivity contribution in [3.8, 4) is 0 Å². The summed E-state index contributed by atoms with van der Waals surface area (Å²) in [4.78, 5) is 41.5. The van der Waals surface area contributed by atoms with E-state index >= 15 is 0 Å². The highest BCUT2D eigenvalue weighted by Crippen LogP contribution is 2.66. The van der Waals surface area contributed by atoms with E-state index in [-0.39, 0.29) is 36.1 Å². The summed E-state index contributed by atoms with van der Waals surface area (Å²) >= 11 is 1.66. The zero-order valence-corrected chi connectivity index (χ0v) is 19.4. The highest BCUT2D eigenvalue weighted by Gasteiger charge is 2.73. The molecule has 2 bridgehead atoms. The van der Waals surface area contributed by atoms with E-state index in [9.17, 15) is 19.5 Å². The van der Waals surface area contributed by atoms with Crippen molar-refractivity contribution in [2.45, 2.75) is 61.6 Å².